The zero-order valence-electron chi connectivity index (χ0n) is 17.3. The number of benzene rings is 1. The molecule has 1 aromatic rings. The van der Waals surface area contributed by atoms with E-state index in [1.807, 2.05) is 20.8 Å². The molecule has 162 valence electrons. The number of nitrogens with zero attached hydrogens (tertiary/aromatic N) is 3. The second-order valence-corrected chi connectivity index (χ2v) is 10.1. The van der Waals surface area contributed by atoms with Gasteiger partial charge in [-0.3, -0.25) is 14.5 Å². The minimum atomic E-state index is -3.72. The van der Waals surface area contributed by atoms with Gasteiger partial charge in [-0.05, 0) is 52.1 Å². The van der Waals surface area contributed by atoms with Crippen LogP contribution in [-0.4, -0.2) is 86.2 Å². The molecule has 1 N–H and O–H groups in total. The van der Waals surface area contributed by atoms with Crippen molar-refractivity contribution in [3.8, 4) is 0 Å². The molecule has 29 heavy (non-hydrogen) atoms. The van der Waals surface area contributed by atoms with Gasteiger partial charge in [-0.2, -0.15) is 4.31 Å². The van der Waals surface area contributed by atoms with Crippen LogP contribution >= 0.6 is 0 Å². The Labute approximate surface area is 171 Å². The number of piperazine rings is 1. The fourth-order valence-corrected chi connectivity index (χ4v) is 4.45. The first-order chi connectivity index (χ1) is 13.4. The third-order valence-electron chi connectivity index (χ3n) is 4.38. The predicted octanol–water partition coefficient (Wildman–Crippen LogP) is 0.505. The summed E-state index contributed by atoms with van der Waals surface area (Å²) in [5.74, 6) is -0.822. The Hall–Kier alpha value is -2.04. The van der Waals surface area contributed by atoms with Crippen LogP contribution in [0.3, 0.4) is 0 Å². The first-order valence-electron chi connectivity index (χ1n) is 9.41. The van der Waals surface area contributed by atoms with Crippen molar-refractivity contribution >= 4 is 21.8 Å². The number of nitrogens with one attached hydrogen (secondary N) is 1. The van der Waals surface area contributed by atoms with E-state index in [0.29, 0.717) is 0 Å². The van der Waals surface area contributed by atoms with Crippen LogP contribution in [-0.2, 0) is 19.6 Å². The molecule has 2 amide bonds. The lowest BCUT2D eigenvalue weighted by Gasteiger charge is -2.34. The van der Waals surface area contributed by atoms with Crippen molar-refractivity contribution in [1.29, 1.82) is 0 Å². The standard InChI is InChI=1S/C19H29FN4O4S/c1-19(2,3)21-17(25)13-22(4)14-18(26)23-9-11-24(12-10-23)29(27,28)16-7-5-15(20)6-8-16/h5-8H,9-14H2,1-4H3,(H,21,25). The molecule has 1 heterocycles. The third-order valence-corrected chi connectivity index (χ3v) is 6.29. The molecule has 8 nitrogen and oxygen atoms in total. The summed E-state index contributed by atoms with van der Waals surface area (Å²) in [6.45, 7) is 6.69. The lowest BCUT2D eigenvalue weighted by Crippen LogP contribution is -2.53. The Morgan fingerprint density at radius 3 is 2.14 bits per heavy atom. The summed E-state index contributed by atoms with van der Waals surface area (Å²) in [4.78, 5) is 27.7. The van der Waals surface area contributed by atoms with Gasteiger partial charge in [0.15, 0.2) is 0 Å². The summed E-state index contributed by atoms with van der Waals surface area (Å²) in [6.07, 6.45) is 0. The number of sulfonamides is 1. The molecule has 0 aliphatic carbocycles. The Morgan fingerprint density at radius 1 is 1.07 bits per heavy atom. The second kappa shape index (κ2) is 9.19. The number of hydrogen-bond donors (Lipinski definition) is 1. The monoisotopic (exact) mass is 428 g/mol. The van der Waals surface area contributed by atoms with Crippen molar-refractivity contribution in [2.24, 2.45) is 0 Å². The maximum absolute atomic E-state index is 13.0. The Balaban J connectivity index is 1.86. The maximum atomic E-state index is 13.0. The van der Waals surface area contributed by atoms with Gasteiger partial charge in [-0.15, -0.1) is 0 Å². The minimum Gasteiger partial charge on any atom is -0.350 e. The Kier molecular flexibility index (Phi) is 7.36. The Bertz CT molecular complexity index is 829. The molecule has 1 fully saturated rings. The first-order valence-corrected chi connectivity index (χ1v) is 10.9. The van der Waals surface area contributed by atoms with Gasteiger partial charge in [-0.25, -0.2) is 12.8 Å². The molecule has 1 saturated heterocycles. The summed E-state index contributed by atoms with van der Waals surface area (Å²) in [5, 5.41) is 2.84. The van der Waals surface area contributed by atoms with E-state index in [9.17, 15) is 22.4 Å². The molecule has 0 radical (unpaired) electrons. The smallest absolute Gasteiger partial charge is 0.243 e. The molecule has 1 aliphatic heterocycles. The van der Waals surface area contributed by atoms with Gasteiger partial charge in [-0.1, -0.05) is 0 Å². The first kappa shape index (κ1) is 23.2. The van der Waals surface area contributed by atoms with E-state index in [1.54, 1.807) is 16.8 Å². The van der Waals surface area contributed by atoms with Crippen molar-refractivity contribution < 1.29 is 22.4 Å². The highest BCUT2D eigenvalue weighted by atomic mass is 32.2. The van der Waals surface area contributed by atoms with Crippen molar-refractivity contribution in [2.45, 2.75) is 31.2 Å². The number of carbonyl (C=O) groups is 2. The quantitative estimate of drug-likeness (QED) is 0.713. The highest BCUT2D eigenvalue weighted by molar-refractivity contribution is 7.89. The maximum Gasteiger partial charge on any atom is 0.243 e. The van der Waals surface area contributed by atoms with E-state index in [-0.39, 0.29) is 61.5 Å². The van der Waals surface area contributed by atoms with Gasteiger partial charge in [0.25, 0.3) is 0 Å². The molecule has 0 spiro atoms. The summed E-state index contributed by atoms with van der Waals surface area (Å²) in [5.41, 5.74) is -0.339. The van der Waals surface area contributed by atoms with E-state index in [0.717, 1.165) is 12.1 Å². The summed E-state index contributed by atoms with van der Waals surface area (Å²) in [6, 6.07) is 4.69. The number of hydrogen-bond acceptors (Lipinski definition) is 5. The highest BCUT2D eigenvalue weighted by Gasteiger charge is 2.30. The van der Waals surface area contributed by atoms with Crippen LogP contribution in [0.5, 0.6) is 0 Å². The Morgan fingerprint density at radius 2 is 1.62 bits per heavy atom. The van der Waals surface area contributed by atoms with Crippen LogP contribution < -0.4 is 5.32 Å². The lowest BCUT2D eigenvalue weighted by molar-refractivity contribution is -0.133. The predicted molar refractivity (Wildman–Crippen MR) is 107 cm³/mol. The molecule has 0 bridgehead atoms. The van der Waals surface area contributed by atoms with Crippen LogP contribution in [0.4, 0.5) is 4.39 Å². The van der Waals surface area contributed by atoms with E-state index in [4.69, 9.17) is 0 Å². The molecule has 1 aliphatic rings. The van der Waals surface area contributed by atoms with Crippen molar-refractivity contribution in [3.63, 3.8) is 0 Å². The SMILES string of the molecule is CN(CC(=O)NC(C)(C)C)CC(=O)N1CCN(S(=O)(=O)c2ccc(F)cc2)CC1. The second-order valence-electron chi connectivity index (χ2n) is 8.21. The molecule has 1 aromatic carbocycles. The molecular weight excluding hydrogens is 399 g/mol. The van der Waals surface area contributed by atoms with Crippen LogP contribution in [0.1, 0.15) is 20.8 Å². The molecule has 0 aromatic heterocycles. The van der Waals surface area contributed by atoms with Crippen LogP contribution in [0.2, 0.25) is 0 Å². The largest absolute Gasteiger partial charge is 0.350 e. The fourth-order valence-electron chi connectivity index (χ4n) is 3.02. The molecule has 10 heteroatoms. The van der Waals surface area contributed by atoms with Gasteiger partial charge >= 0.3 is 0 Å². The van der Waals surface area contributed by atoms with E-state index in [2.05, 4.69) is 5.32 Å². The van der Waals surface area contributed by atoms with Crippen LogP contribution in [0.15, 0.2) is 29.2 Å². The third kappa shape index (κ3) is 6.76. The van der Waals surface area contributed by atoms with Gasteiger partial charge in [0.1, 0.15) is 5.82 Å². The van der Waals surface area contributed by atoms with Crippen molar-refractivity contribution in [3.05, 3.63) is 30.1 Å². The molecule has 2 rings (SSSR count). The van der Waals surface area contributed by atoms with Crippen LogP contribution in [0, 0.1) is 5.82 Å². The minimum absolute atomic E-state index is 0.0308. The van der Waals surface area contributed by atoms with Gasteiger partial charge < -0.3 is 10.2 Å². The highest BCUT2D eigenvalue weighted by Crippen LogP contribution is 2.18. The lowest BCUT2D eigenvalue weighted by atomic mass is 10.1. The van der Waals surface area contributed by atoms with Crippen LogP contribution in [0.25, 0.3) is 0 Å². The van der Waals surface area contributed by atoms with E-state index < -0.39 is 15.8 Å². The van der Waals surface area contributed by atoms with Crippen molar-refractivity contribution in [1.82, 2.24) is 19.4 Å². The number of amides is 2. The zero-order valence-corrected chi connectivity index (χ0v) is 18.1. The van der Waals surface area contributed by atoms with Gasteiger partial charge in [0, 0.05) is 31.7 Å². The topological polar surface area (TPSA) is 90.0 Å². The summed E-state index contributed by atoms with van der Waals surface area (Å²) in [7, 11) is -2.03. The average Bonchev–Trinajstić information content (AvgIpc) is 2.60. The molecule has 0 unspecified atom stereocenters. The number of likely N-dealkylation sites (N-methyl/N-ethyl adjacent to an activating group) is 1. The molecule has 0 atom stereocenters. The average molecular weight is 429 g/mol. The normalized spacial score (nSPS) is 16.1. The van der Waals surface area contributed by atoms with Gasteiger partial charge in [0.05, 0.1) is 18.0 Å². The van der Waals surface area contributed by atoms with E-state index in [1.165, 1.54) is 16.4 Å². The fraction of sp³-hybridized carbons (Fsp3) is 0.579. The zero-order chi connectivity index (χ0) is 21.8. The molecular formula is C19H29FN4O4S. The van der Waals surface area contributed by atoms with Crippen molar-refractivity contribution in [2.75, 3.05) is 46.3 Å². The van der Waals surface area contributed by atoms with Gasteiger partial charge in [0.2, 0.25) is 21.8 Å². The number of rotatable bonds is 6. The summed E-state index contributed by atoms with van der Waals surface area (Å²) >= 11 is 0. The number of halogens is 1. The summed E-state index contributed by atoms with van der Waals surface area (Å²) < 4.78 is 39.6. The number of carbonyl (C=O) groups excluding carboxylic acids is 2. The molecule has 0 saturated carbocycles. The van der Waals surface area contributed by atoms with E-state index >= 15 is 0 Å².